The van der Waals surface area contributed by atoms with Crippen LogP contribution >= 0.6 is 0 Å². The molecule has 2 rings (SSSR count). The number of nitrogens with zero attached hydrogens (tertiary/aromatic N) is 1. The van der Waals surface area contributed by atoms with E-state index in [0.717, 1.165) is 13.8 Å². The van der Waals surface area contributed by atoms with E-state index in [0.29, 0.717) is 16.8 Å². The Balaban J connectivity index is 0.00000176. The number of esters is 2. The summed E-state index contributed by atoms with van der Waals surface area (Å²) in [5.74, 6) is -3.75. The molecule has 0 radical (unpaired) electrons. The van der Waals surface area contributed by atoms with Gasteiger partial charge in [-0.25, -0.2) is 0 Å². The number of aliphatic carboxylic acids is 3. The first-order valence-electron chi connectivity index (χ1n) is 12.7. The number of aromatic hydroxyl groups is 1. The molecule has 1 aliphatic heterocycles. The molecule has 0 saturated carbocycles. The quantitative estimate of drug-likeness (QED) is 0.321. The first kappa shape index (κ1) is 36.8. The van der Waals surface area contributed by atoms with Crippen molar-refractivity contribution in [1.29, 1.82) is 0 Å². The van der Waals surface area contributed by atoms with Crippen molar-refractivity contribution in [2.24, 2.45) is 5.16 Å². The van der Waals surface area contributed by atoms with Gasteiger partial charge in [0, 0.05) is 32.3 Å². The Morgan fingerprint density at radius 2 is 1.32 bits per heavy atom. The van der Waals surface area contributed by atoms with Crippen molar-refractivity contribution in [2.75, 3.05) is 0 Å². The van der Waals surface area contributed by atoms with E-state index < -0.39 is 46.6 Å². The number of carbonyl (C=O) groups is 5. The third-order valence-electron chi connectivity index (χ3n) is 4.62. The highest BCUT2D eigenvalue weighted by molar-refractivity contribution is 6.04. The van der Waals surface area contributed by atoms with Gasteiger partial charge in [-0.2, -0.15) is 0 Å². The molecule has 0 atom stereocenters. The van der Waals surface area contributed by atoms with Gasteiger partial charge < -0.3 is 34.7 Å². The topological polar surface area (TPSA) is 206 Å². The summed E-state index contributed by atoms with van der Waals surface area (Å²) in [6, 6.07) is 4.56. The number of phenolic OH excluding ortho intramolecular Hbond substituents is 1. The number of rotatable bonds is 8. The van der Waals surface area contributed by atoms with E-state index in [2.05, 4.69) is 5.16 Å². The minimum Gasteiger partial charge on any atom is -0.508 e. The van der Waals surface area contributed by atoms with E-state index in [1.54, 1.807) is 47.6 Å². The van der Waals surface area contributed by atoms with Crippen LogP contribution in [0.1, 0.15) is 92.2 Å². The van der Waals surface area contributed by atoms with E-state index in [1.165, 1.54) is 12.1 Å². The lowest BCUT2D eigenvalue weighted by Gasteiger charge is -2.29. The maximum Gasteiger partial charge on any atom is 0.310 e. The number of hydrogen-bond donors (Lipinski definition) is 4. The Bertz CT molecular complexity index is 1080. The van der Waals surface area contributed by atoms with E-state index in [-0.39, 0.29) is 37.9 Å². The van der Waals surface area contributed by atoms with Crippen LogP contribution in [-0.2, 0) is 44.7 Å². The summed E-state index contributed by atoms with van der Waals surface area (Å²) in [7, 11) is 0. The summed E-state index contributed by atoms with van der Waals surface area (Å²) >= 11 is 0. The highest BCUT2D eigenvalue weighted by Crippen LogP contribution is 2.36. The number of benzene rings is 1. The molecule has 13 heteroatoms. The van der Waals surface area contributed by atoms with Crippen LogP contribution in [0.5, 0.6) is 5.75 Å². The van der Waals surface area contributed by atoms with Crippen LogP contribution in [-0.4, -0.2) is 72.8 Å². The Morgan fingerprint density at radius 3 is 1.71 bits per heavy atom. The van der Waals surface area contributed by atoms with Gasteiger partial charge in [-0.1, -0.05) is 11.2 Å². The summed E-state index contributed by atoms with van der Waals surface area (Å²) in [4.78, 5) is 60.0. The van der Waals surface area contributed by atoms with Gasteiger partial charge in [0.2, 0.25) is 0 Å². The lowest BCUT2D eigenvalue weighted by atomic mass is 9.86. The molecule has 0 saturated heterocycles. The third-order valence-corrected chi connectivity index (χ3v) is 4.62. The highest BCUT2D eigenvalue weighted by atomic mass is 16.7. The molecule has 0 aromatic heterocycles. The number of carboxylic acids is 3. The van der Waals surface area contributed by atoms with Gasteiger partial charge >= 0.3 is 17.9 Å². The molecule has 0 aliphatic carbocycles. The minimum absolute atomic E-state index is 0.0245. The van der Waals surface area contributed by atoms with Crippen LogP contribution in [0.3, 0.4) is 0 Å². The van der Waals surface area contributed by atoms with Crippen molar-refractivity contribution in [3.05, 3.63) is 29.3 Å². The second-order valence-electron chi connectivity index (χ2n) is 11.3. The van der Waals surface area contributed by atoms with Crippen molar-refractivity contribution >= 4 is 35.6 Å². The maximum absolute atomic E-state index is 12.6. The molecule has 41 heavy (non-hydrogen) atoms. The van der Waals surface area contributed by atoms with Gasteiger partial charge in [-0.3, -0.25) is 24.0 Å². The van der Waals surface area contributed by atoms with Gasteiger partial charge in [-0.15, -0.1) is 0 Å². The molecule has 13 nitrogen and oxygen atoms in total. The van der Waals surface area contributed by atoms with Gasteiger partial charge in [0.25, 0.3) is 11.9 Å². The number of aryl methyl sites for hydroxylation is 1. The maximum atomic E-state index is 12.6. The standard InChI is InChI=1S/C24H33NO8.2C2H4O2/c1-22(2,3)31-20(29)13-24(14-21(30)32-23(4,5)6)12-18(25-33-24)17-11-16(26)9-7-15(17)8-10-19(27)28;2*1-2(3)4/h7,9,11,26H,8,10,12-14H2,1-6H3,(H,27,28);2*1H3,(H,3,4). The number of oxime groups is 1. The van der Waals surface area contributed by atoms with Gasteiger partial charge in [0.05, 0.1) is 18.6 Å². The van der Waals surface area contributed by atoms with Crippen molar-refractivity contribution in [3.8, 4) is 5.75 Å². The smallest absolute Gasteiger partial charge is 0.310 e. The number of hydrogen-bond acceptors (Lipinski definition) is 10. The van der Waals surface area contributed by atoms with Crippen LogP contribution in [0.4, 0.5) is 0 Å². The average Bonchev–Trinajstić information content (AvgIpc) is 3.11. The van der Waals surface area contributed by atoms with Crippen molar-refractivity contribution in [1.82, 2.24) is 0 Å². The number of ether oxygens (including phenoxy) is 2. The Hall–Kier alpha value is -4.16. The molecule has 0 unspecified atom stereocenters. The summed E-state index contributed by atoms with van der Waals surface area (Å²) < 4.78 is 10.9. The second kappa shape index (κ2) is 15.6. The zero-order chi connectivity index (χ0) is 32.2. The molecule has 1 heterocycles. The summed E-state index contributed by atoms with van der Waals surface area (Å²) in [6.45, 7) is 12.6. The highest BCUT2D eigenvalue weighted by Gasteiger charge is 2.46. The first-order valence-corrected chi connectivity index (χ1v) is 12.7. The van der Waals surface area contributed by atoms with E-state index in [9.17, 15) is 19.5 Å². The van der Waals surface area contributed by atoms with Crippen molar-refractivity contribution < 1.29 is 58.7 Å². The predicted molar refractivity (Wildman–Crippen MR) is 147 cm³/mol. The molecule has 1 aromatic carbocycles. The zero-order valence-corrected chi connectivity index (χ0v) is 24.8. The summed E-state index contributed by atoms with van der Waals surface area (Å²) in [5, 5.41) is 38.0. The van der Waals surface area contributed by atoms with Gasteiger partial charge in [0.1, 0.15) is 17.0 Å². The van der Waals surface area contributed by atoms with Crippen LogP contribution in [0.2, 0.25) is 0 Å². The van der Waals surface area contributed by atoms with Crippen molar-refractivity contribution in [3.63, 3.8) is 0 Å². The van der Waals surface area contributed by atoms with Crippen molar-refractivity contribution in [2.45, 2.75) is 104 Å². The number of phenols is 1. The summed E-state index contributed by atoms with van der Waals surface area (Å²) in [5.41, 5.74) is -1.20. The van der Waals surface area contributed by atoms with Gasteiger partial charge in [-0.05, 0) is 65.7 Å². The third kappa shape index (κ3) is 17.2. The fourth-order valence-corrected chi connectivity index (χ4v) is 3.49. The molecule has 4 N–H and O–H groups in total. The molecule has 1 aliphatic rings. The van der Waals surface area contributed by atoms with E-state index >= 15 is 0 Å². The van der Waals surface area contributed by atoms with Crippen LogP contribution in [0, 0.1) is 0 Å². The van der Waals surface area contributed by atoms with Crippen LogP contribution < -0.4 is 0 Å². The lowest BCUT2D eigenvalue weighted by Crippen LogP contribution is -2.39. The normalized spacial score (nSPS) is 13.6. The minimum atomic E-state index is -1.32. The van der Waals surface area contributed by atoms with Gasteiger partial charge in [0.15, 0.2) is 5.60 Å². The first-order chi connectivity index (χ1) is 18.5. The molecular formula is C28H41NO12. The van der Waals surface area contributed by atoms with E-state index in [1.807, 2.05) is 0 Å². The largest absolute Gasteiger partial charge is 0.508 e. The monoisotopic (exact) mass is 583 g/mol. The lowest BCUT2D eigenvalue weighted by molar-refractivity contribution is -0.169. The molecule has 1 aromatic rings. The SMILES string of the molecule is CC(=O)O.CC(=O)O.CC(C)(C)OC(=O)CC1(CC(=O)OC(C)(C)C)CC(c2cc(O)ccc2CCC(=O)O)=NO1. The number of carbonyl (C=O) groups excluding carboxylic acids is 2. The molecular weight excluding hydrogens is 542 g/mol. The second-order valence-corrected chi connectivity index (χ2v) is 11.3. The molecule has 0 fully saturated rings. The molecule has 0 bridgehead atoms. The van der Waals surface area contributed by atoms with Crippen LogP contribution in [0.25, 0.3) is 0 Å². The average molecular weight is 584 g/mol. The fourth-order valence-electron chi connectivity index (χ4n) is 3.49. The molecule has 0 amide bonds. The summed E-state index contributed by atoms with van der Waals surface area (Å²) in [6.07, 6.45) is -0.281. The number of carboxylic acid groups (broad SMARTS) is 3. The zero-order valence-electron chi connectivity index (χ0n) is 24.8. The van der Waals surface area contributed by atoms with E-state index in [4.69, 9.17) is 39.2 Å². The Labute approximate surface area is 239 Å². The Kier molecular flexibility index (Phi) is 14.0. The Morgan fingerprint density at radius 1 is 0.878 bits per heavy atom. The van der Waals surface area contributed by atoms with Crippen LogP contribution in [0.15, 0.2) is 23.4 Å². The predicted octanol–water partition coefficient (Wildman–Crippen LogP) is 3.92. The molecule has 230 valence electrons. The fraction of sp³-hybridized carbons (Fsp3) is 0.571. The molecule has 0 spiro atoms.